The second-order valence-electron chi connectivity index (χ2n) is 27.4. The molecule has 0 bridgehead atoms. The Morgan fingerprint density at radius 1 is 0.394 bits per heavy atom. The Balaban J connectivity index is 1.31. The van der Waals surface area contributed by atoms with Gasteiger partial charge in [-0.1, -0.05) is 202 Å². The van der Waals surface area contributed by atoms with E-state index in [-0.39, 0.29) is 44.6 Å². The lowest BCUT2D eigenvalue weighted by Gasteiger charge is -2.46. The van der Waals surface area contributed by atoms with Gasteiger partial charge in [0.15, 0.2) is 0 Å². The van der Waals surface area contributed by atoms with Gasteiger partial charge in [-0.15, -0.1) is 0 Å². The van der Waals surface area contributed by atoms with Gasteiger partial charge in [0.25, 0.3) is 6.71 Å². The van der Waals surface area contributed by atoms with Crippen molar-refractivity contribution in [2.45, 2.75) is 168 Å². The van der Waals surface area contributed by atoms with Crippen LogP contribution in [0.1, 0.15) is 174 Å². The molecule has 0 saturated heterocycles. The fourth-order valence-electron chi connectivity index (χ4n) is 14.2. The maximum atomic E-state index is 2.72. The smallest absolute Gasteiger partial charge is 0.252 e. The zero-order valence-corrected chi connectivity index (χ0v) is 46.1. The van der Waals surface area contributed by atoms with Gasteiger partial charge in [-0.05, 0) is 167 Å². The first kappa shape index (κ1) is 47.5. The number of fused-ring (bicyclic) bond motifs is 6. The van der Waals surface area contributed by atoms with E-state index in [0.29, 0.717) is 0 Å². The van der Waals surface area contributed by atoms with Crippen molar-refractivity contribution < 1.29 is 0 Å². The van der Waals surface area contributed by atoms with E-state index in [1.807, 2.05) is 0 Å². The third-order valence-electron chi connectivity index (χ3n) is 17.7. The van der Waals surface area contributed by atoms with Crippen LogP contribution >= 0.6 is 0 Å². The molecule has 71 heavy (non-hydrogen) atoms. The molecule has 0 aromatic heterocycles. The van der Waals surface area contributed by atoms with E-state index in [1.54, 1.807) is 0 Å². The predicted molar refractivity (Wildman–Crippen MR) is 308 cm³/mol. The molecule has 2 heterocycles. The molecule has 0 fully saturated rings. The summed E-state index contributed by atoms with van der Waals surface area (Å²) in [5, 5.41) is 0. The summed E-state index contributed by atoms with van der Waals surface area (Å²) in [6, 6.07) is 52.9. The molecule has 2 nitrogen and oxygen atoms in total. The molecule has 4 aliphatic rings. The summed E-state index contributed by atoms with van der Waals surface area (Å²) in [4.78, 5) is 5.43. The number of anilines is 6. The average molecular weight is 933 g/mol. The molecule has 362 valence electrons. The molecule has 3 heteroatoms. The summed E-state index contributed by atoms with van der Waals surface area (Å²) in [6.07, 6.45) is 2.24. The minimum atomic E-state index is -0.230. The van der Waals surface area contributed by atoms with Crippen molar-refractivity contribution >= 4 is 57.2 Å². The highest BCUT2D eigenvalue weighted by Crippen LogP contribution is 2.56. The van der Waals surface area contributed by atoms with Crippen molar-refractivity contribution in [2.24, 2.45) is 0 Å². The van der Waals surface area contributed by atoms with Gasteiger partial charge in [0, 0.05) is 39.4 Å². The standard InChI is InChI=1S/C68H77BN2/c1-42-32-49-51(66(12,13)40-64(49,8)9)38-57(42)71-56-31-29-46(68(16,17)44-26-22-19-23-27-44)34-53(56)69-54-37-50-52(67(14,15)41-65(50,10)11)39-58(54)70(59-35-47(63(5,6)7)36-60(71)61(59)69)55-30-28-45(62(2,3)4)33-48(55)43-24-20-18-21-25-43/h18-39H,40-41H2,1-17H3. The predicted octanol–water partition coefficient (Wildman–Crippen LogP) is 16.6. The molecular weight excluding hydrogens is 856 g/mol. The fourth-order valence-corrected chi connectivity index (χ4v) is 14.2. The van der Waals surface area contributed by atoms with Gasteiger partial charge in [0.2, 0.25) is 0 Å². The van der Waals surface area contributed by atoms with Crippen molar-refractivity contribution in [3.63, 3.8) is 0 Å². The number of benzene rings is 7. The van der Waals surface area contributed by atoms with Crippen molar-refractivity contribution in [1.82, 2.24) is 0 Å². The molecule has 0 N–H and O–H groups in total. The fraction of sp³-hybridized carbons (Fsp3) is 0.382. The second-order valence-corrected chi connectivity index (χ2v) is 27.4. The SMILES string of the molecule is Cc1cc2c(cc1N1c3ccc(C(C)(C)c4ccccc4)cc3B3c4cc5c(cc4N(c4ccc(C(C)(C)C)cc4-c4ccccc4)c4cc(C(C)(C)C)cc1c43)C(C)(C)CC5(C)C)C(C)(C)CC2(C)C. The monoisotopic (exact) mass is 933 g/mol. The summed E-state index contributed by atoms with van der Waals surface area (Å²) in [5.74, 6) is 0. The lowest BCUT2D eigenvalue weighted by molar-refractivity contribution is 0.402. The summed E-state index contributed by atoms with van der Waals surface area (Å²) in [7, 11) is 0. The Morgan fingerprint density at radius 2 is 0.859 bits per heavy atom. The Kier molecular flexibility index (Phi) is 10.3. The zero-order chi connectivity index (χ0) is 50.7. The van der Waals surface area contributed by atoms with Crippen molar-refractivity contribution in [3.8, 4) is 11.1 Å². The molecule has 2 aliphatic heterocycles. The Morgan fingerprint density at radius 3 is 1.42 bits per heavy atom. The molecule has 7 aromatic rings. The van der Waals surface area contributed by atoms with E-state index >= 15 is 0 Å². The summed E-state index contributed by atoms with van der Waals surface area (Å²) in [6.45, 7) is 41.1. The zero-order valence-electron chi connectivity index (χ0n) is 46.1. The van der Waals surface area contributed by atoms with E-state index < -0.39 is 0 Å². The van der Waals surface area contributed by atoms with E-state index in [9.17, 15) is 0 Å². The number of hydrogen-bond donors (Lipinski definition) is 0. The van der Waals surface area contributed by atoms with Gasteiger partial charge >= 0.3 is 0 Å². The maximum absolute atomic E-state index is 2.72. The van der Waals surface area contributed by atoms with Crippen molar-refractivity contribution in [2.75, 3.05) is 9.80 Å². The van der Waals surface area contributed by atoms with E-state index in [0.717, 1.165) is 12.8 Å². The van der Waals surface area contributed by atoms with Gasteiger partial charge in [-0.3, -0.25) is 0 Å². The topological polar surface area (TPSA) is 6.48 Å². The largest absolute Gasteiger partial charge is 0.311 e. The Labute approximate surface area is 428 Å². The molecule has 0 unspecified atom stereocenters. The van der Waals surface area contributed by atoms with Crippen LogP contribution in [0.15, 0.2) is 133 Å². The third kappa shape index (κ3) is 7.32. The molecule has 11 rings (SSSR count). The molecule has 0 atom stereocenters. The van der Waals surface area contributed by atoms with Crippen LogP contribution in [-0.2, 0) is 37.9 Å². The quantitative estimate of drug-likeness (QED) is 0.159. The first-order chi connectivity index (χ1) is 33.1. The number of nitrogens with zero attached hydrogens (tertiary/aromatic N) is 2. The molecule has 0 spiro atoms. The first-order valence-electron chi connectivity index (χ1n) is 26.6. The normalized spacial score (nSPS) is 17.9. The Bertz CT molecular complexity index is 3310. The second kappa shape index (κ2) is 15.4. The summed E-state index contributed by atoms with van der Waals surface area (Å²) in [5.41, 5.74) is 26.7. The lowest BCUT2D eigenvalue weighted by Crippen LogP contribution is -2.62. The van der Waals surface area contributed by atoms with Crippen LogP contribution in [0, 0.1) is 6.92 Å². The van der Waals surface area contributed by atoms with E-state index in [2.05, 4.69) is 261 Å². The van der Waals surface area contributed by atoms with Gasteiger partial charge in [0.1, 0.15) is 0 Å². The van der Waals surface area contributed by atoms with Gasteiger partial charge < -0.3 is 9.80 Å². The average Bonchev–Trinajstić information content (AvgIpc) is 3.60. The highest BCUT2D eigenvalue weighted by molar-refractivity contribution is 7.00. The molecular formula is C68H77BN2. The van der Waals surface area contributed by atoms with Crippen LogP contribution in [0.5, 0.6) is 0 Å². The van der Waals surface area contributed by atoms with E-state index in [4.69, 9.17) is 0 Å². The maximum Gasteiger partial charge on any atom is 0.252 e. The molecule has 0 amide bonds. The van der Waals surface area contributed by atoms with Crippen LogP contribution in [0.2, 0.25) is 0 Å². The molecule has 2 aliphatic carbocycles. The van der Waals surface area contributed by atoms with Gasteiger partial charge in [-0.25, -0.2) is 0 Å². The number of aryl methyl sites for hydroxylation is 1. The van der Waals surface area contributed by atoms with Crippen LogP contribution in [0.4, 0.5) is 34.1 Å². The lowest BCUT2D eigenvalue weighted by atomic mass is 9.33. The Hall–Kier alpha value is -5.80. The molecule has 0 saturated carbocycles. The summed E-state index contributed by atoms with van der Waals surface area (Å²) < 4.78 is 0. The van der Waals surface area contributed by atoms with Gasteiger partial charge in [-0.2, -0.15) is 0 Å². The number of hydrogen-bond acceptors (Lipinski definition) is 2. The highest BCUT2D eigenvalue weighted by Gasteiger charge is 2.50. The van der Waals surface area contributed by atoms with Gasteiger partial charge in [0.05, 0.1) is 5.69 Å². The molecule has 7 aromatic carbocycles. The van der Waals surface area contributed by atoms with Crippen LogP contribution in [0.25, 0.3) is 11.1 Å². The number of rotatable bonds is 5. The minimum absolute atomic E-state index is 0.0121. The summed E-state index contributed by atoms with van der Waals surface area (Å²) >= 11 is 0. The van der Waals surface area contributed by atoms with E-state index in [1.165, 1.54) is 112 Å². The first-order valence-corrected chi connectivity index (χ1v) is 26.6. The van der Waals surface area contributed by atoms with Crippen molar-refractivity contribution in [3.05, 3.63) is 184 Å². The molecule has 0 radical (unpaired) electrons. The minimum Gasteiger partial charge on any atom is -0.311 e. The highest BCUT2D eigenvalue weighted by atomic mass is 15.2. The van der Waals surface area contributed by atoms with Crippen LogP contribution in [0.3, 0.4) is 0 Å². The van der Waals surface area contributed by atoms with Crippen LogP contribution in [-0.4, -0.2) is 6.71 Å². The van der Waals surface area contributed by atoms with Crippen LogP contribution < -0.4 is 26.2 Å². The third-order valence-corrected chi connectivity index (χ3v) is 17.7. The van der Waals surface area contributed by atoms with Crippen molar-refractivity contribution in [1.29, 1.82) is 0 Å².